The molecule has 0 bridgehead atoms. The third kappa shape index (κ3) is 4.20. The predicted octanol–water partition coefficient (Wildman–Crippen LogP) is 0.995. The Morgan fingerprint density at radius 3 is 2.91 bits per heavy atom. The molecule has 0 radical (unpaired) electrons. The summed E-state index contributed by atoms with van der Waals surface area (Å²) in [5, 5.41) is 7.09. The van der Waals surface area contributed by atoms with Crippen molar-refractivity contribution in [2.75, 3.05) is 45.2 Å². The molecule has 1 aromatic rings. The van der Waals surface area contributed by atoms with E-state index in [0.717, 1.165) is 26.2 Å². The van der Waals surface area contributed by atoms with Gasteiger partial charge in [-0.25, -0.2) is 4.79 Å². The molecule has 1 aliphatic heterocycles. The largest absolute Gasteiger partial charge is 0.374 e. The highest BCUT2D eigenvalue weighted by atomic mass is 16.5. The molecule has 0 aromatic carbocycles. The number of aromatic nitrogens is 2. The molecule has 7 heteroatoms. The number of ether oxygens (including phenoxy) is 1. The molecular weight excluding hydrogens is 282 g/mol. The molecule has 2 heterocycles. The number of rotatable bonds is 5. The third-order valence-electron chi connectivity index (χ3n) is 4.18. The van der Waals surface area contributed by atoms with Crippen LogP contribution in [-0.2, 0) is 11.8 Å². The van der Waals surface area contributed by atoms with Crippen molar-refractivity contribution in [3.8, 4) is 0 Å². The van der Waals surface area contributed by atoms with Crippen LogP contribution in [0.2, 0.25) is 0 Å². The van der Waals surface area contributed by atoms with E-state index in [4.69, 9.17) is 4.74 Å². The zero-order valence-corrected chi connectivity index (χ0v) is 13.4. The van der Waals surface area contributed by atoms with Gasteiger partial charge >= 0.3 is 6.03 Å². The zero-order valence-electron chi connectivity index (χ0n) is 13.4. The van der Waals surface area contributed by atoms with Gasteiger partial charge in [-0.3, -0.25) is 10.00 Å². The van der Waals surface area contributed by atoms with Crippen LogP contribution >= 0.6 is 0 Å². The molecule has 2 amide bonds. The van der Waals surface area contributed by atoms with Gasteiger partial charge in [-0.15, -0.1) is 0 Å². The Morgan fingerprint density at radius 1 is 1.45 bits per heavy atom. The lowest BCUT2D eigenvalue weighted by molar-refractivity contribution is -0.0302. The van der Waals surface area contributed by atoms with E-state index in [9.17, 15) is 4.79 Å². The standard InChI is InChI=1S/C15H25N5O2/c1-18-7-8-22-13(10-18)11-20(9-12-3-4-12)15(21)16-14-5-6-19(2)17-14/h5-6,12-13H,3-4,7-11H2,1-2H3,(H,16,17,21)/t13-/m0/s1. The second kappa shape index (κ2) is 6.66. The van der Waals surface area contributed by atoms with Crippen molar-refractivity contribution in [3.05, 3.63) is 12.3 Å². The third-order valence-corrected chi connectivity index (χ3v) is 4.18. The van der Waals surface area contributed by atoms with E-state index < -0.39 is 0 Å². The monoisotopic (exact) mass is 307 g/mol. The summed E-state index contributed by atoms with van der Waals surface area (Å²) in [6, 6.07) is 1.72. The van der Waals surface area contributed by atoms with Gasteiger partial charge in [-0.05, 0) is 25.8 Å². The van der Waals surface area contributed by atoms with Gasteiger partial charge in [0, 0.05) is 45.5 Å². The van der Waals surface area contributed by atoms with Crippen LogP contribution in [0.5, 0.6) is 0 Å². The lowest BCUT2D eigenvalue weighted by atomic mass is 10.2. The molecule has 1 aromatic heterocycles. The maximum Gasteiger partial charge on any atom is 0.323 e. The fourth-order valence-corrected chi connectivity index (χ4v) is 2.75. The van der Waals surface area contributed by atoms with Crippen molar-refractivity contribution in [3.63, 3.8) is 0 Å². The van der Waals surface area contributed by atoms with E-state index in [2.05, 4.69) is 22.4 Å². The lowest BCUT2D eigenvalue weighted by Crippen LogP contribution is -2.49. The fourth-order valence-electron chi connectivity index (χ4n) is 2.75. The minimum Gasteiger partial charge on any atom is -0.374 e. The molecule has 22 heavy (non-hydrogen) atoms. The average Bonchev–Trinajstić information content (AvgIpc) is 3.20. The molecule has 1 N–H and O–H groups in total. The Balaban J connectivity index is 1.59. The highest BCUT2D eigenvalue weighted by Gasteiger charge is 2.30. The summed E-state index contributed by atoms with van der Waals surface area (Å²) in [5.74, 6) is 1.24. The van der Waals surface area contributed by atoms with Crippen molar-refractivity contribution >= 4 is 11.8 Å². The Bertz CT molecular complexity index is 514. The Morgan fingerprint density at radius 2 is 2.27 bits per heavy atom. The smallest absolute Gasteiger partial charge is 0.323 e. The highest BCUT2D eigenvalue weighted by Crippen LogP contribution is 2.30. The molecule has 7 nitrogen and oxygen atoms in total. The number of nitrogens with zero attached hydrogens (tertiary/aromatic N) is 4. The fraction of sp³-hybridized carbons (Fsp3) is 0.733. The first-order valence-corrected chi connectivity index (χ1v) is 7.96. The summed E-state index contributed by atoms with van der Waals surface area (Å²) in [4.78, 5) is 16.7. The number of carbonyl (C=O) groups is 1. The number of hydrogen-bond donors (Lipinski definition) is 1. The second-order valence-corrected chi connectivity index (χ2v) is 6.41. The first kappa shape index (κ1) is 15.3. The van der Waals surface area contributed by atoms with Gasteiger partial charge in [0.2, 0.25) is 0 Å². The number of anilines is 1. The number of morpholine rings is 1. The van der Waals surface area contributed by atoms with Crippen LogP contribution in [0.1, 0.15) is 12.8 Å². The first-order valence-electron chi connectivity index (χ1n) is 7.96. The van der Waals surface area contributed by atoms with E-state index in [1.165, 1.54) is 12.8 Å². The molecule has 1 saturated carbocycles. The van der Waals surface area contributed by atoms with Crippen LogP contribution in [0, 0.1) is 5.92 Å². The van der Waals surface area contributed by atoms with E-state index in [1.807, 2.05) is 18.1 Å². The molecular formula is C15H25N5O2. The summed E-state index contributed by atoms with van der Waals surface area (Å²) >= 11 is 0. The maximum absolute atomic E-state index is 12.5. The van der Waals surface area contributed by atoms with Crippen LogP contribution in [0.25, 0.3) is 0 Å². The average molecular weight is 307 g/mol. The van der Waals surface area contributed by atoms with Crippen molar-refractivity contribution in [1.29, 1.82) is 0 Å². The van der Waals surface area contributed by atoms with E-state index in [-0.39, 0.29) is 12.1 Å². The van der Waals surface area contributed by atoms with Gasteiger partial charge in [0.1, 0.15) is 0 Å². The van der Waals surface area contributed by atoms with Crippen LogP contribution < -0.4 is 5.32 Å². The van der Waals surface area contributed by atoms with Crippen LogP contribution in [-0.4, -0.2) is 71.5 Å². The molecule has 3 rings (SSSR count). The number of amides is 2. The number of aryl methyl sites for hydroxylation is 1. The minimum absolute atomic E-state index is 0.0811. The summed E-state index contributed by atoms with van der Waals surface area (Å²) in [6.07, 6.45) is 4.35. The maximum atomic E-state index is 12.5. The van der Waals surface area contributed by atoms with Gasteiger partial charge < -0.3 is 14.5 Å². The lowest BCUT2D eigenvalue weighted by Gasteiger charge is -2.34. The van der Waals surface area contributed by atoms with Gasteiger partial charge in [0.15, 0.2) is 5.82 Å². The molecule has 1 atom stereocenters. The van der Waals surface area contributed by atoms with Gasteiger partial charge in [-0.2, -0.15) is 5.10 Å². The summed E-state index contributed by atoms with van der Waals surface area (Å²) in [7, 11) is 3.93. The highest BCUT2D eigenvalue weighted by molar-refractivity contribution is 5.88. The molecule has 122 valence electrons. The predicted molar refractivity (Wildman–Crippen MR) is 83.8 cm³/mol. The van der Waals surface area contributed by atoms with Crippen molar-refractivity contribution < 1.29 is 9.53 Å². The van der Waals surface area contributed by atoms with Crippen molar-refractivity contribution in [2.45, 2.75) is 18.9 Å². The molecule has 1 saturated heterocycles. The molecule has 2 aliphatic rings. The normalized spacial score (nSPS) is 22.5. The van der Waals surface area contributed by atoms with Crippen LogP contribution in [0.15, 0.2) is 12.3 Å². The molecule has 0 spiro atoms. The van der Waals surface area contributed by atoms with Gasteiger partial charge in [0.05, 0.1) is 12.7 Å². The number of carbonyl (C=O) groups excluding carboxylic acids is 1. The quantitative estimate of drug-likeness (QED) is 0.881. The summed E-state index contributed by atoms with van der Waals surface area (Å²) in [5.41, 5.74) is 0. The molecule has 1 aliphatic carbocycles. The number of nitrogens with one attached hydrogen (secondary N) is 1. The zero-order chi connectivity index (χ0) is 15.5. The van der Waals surface area contributed by atoms with E-state index in [1.54, 1.807) is 10.7 Å². The number of urea groups is 1. The number of hydrogen-bond acceptors (Lipinski definition) is 4. The Kier molecular flexibility index (Phi) is 4.63. The minimum atomic E-state index is -0.0811. The van der Waals surface area contributed by atoms with E-state index in [0.29, 0.717) is 18.3 Å². The van der Waals surface area contributed by atoms with Crippen molar-refractivity contribution in [2.24, 2.45) is 13.0 Å². The van der Waals surface area contributed by atoms with E-state index >= 15 is 0 Å². The first-order chi connectivity index (χ1) is 10.6. The van der Waals surface area contributed by atoms with Crippen LogP contribution in [0.3, 0.4) is 0 Å². The second-order valence-electron chi connectivity index (χ2n) is 6.41. The van der Waals surface area contributed by atoms with Gasteiger partial charge in [0.25, 0.3) is 0 Å². The van der Waals surface area contributed by atoms with Gasteiger partial charge in [-0.1, -0.05) is 0 Å². The topological polar surface area (TPSA) is 62.6 Å². The van der Waals surface area contributed by atoms with Crippen LogP contribution in [0.4, 0.5) is 10.6 Å². The summed E-state index contributed by atoms with van der Waals surface area (Å²) in [6.45, 7) is 4.01. The molecule has 0 unspecified atom stereocenters. The number of likely N-dealkylation sites (N-methyl/N-ethyl adjacent to an activating group) is 1. The SMILES string of the molecule is CN1CCO[C@H](CN(CC2CC2)C(=O)Nc2ccn(C)n2)C1. The van der Waals surface area contributed by atoms with Crippen molar-refractivity contribution in [1.82, 2.24) is 19.6 Å². The Labute approximate surface area is 131 Å². The Hall–Kier alpha value is -1.60. The molecule has 2 fully saturated rings. The summed E-state index contributed by atoms with van der Waals surface area (Å²) < 4.78 is 7.48.